The lowest BCUT2D eigenvalue weighted by Crippen LogP contribution is -2.33. The van der Waals surface area contributed by atoms with Gasteiger partial charge in [-0.2, -0.15) is 10.4 Å². The van der Waals surface area contributed by atoms with Gasteiger partial charge in [0.25, 0.3) is 5.91 Å². The molecule has 0 spiro atoms. The van der Waals surface area contributed by atoms with Crippen molar-refractivity contribution in [1.82, 2.24) is 29.6 Å². The summed E-state index contributed by atoms with van der Waals surface area (Å²) in [5, 5.41) is 15.0. The van der Waals surface area contributed by atoms with Crippen LogP contribution in [0.2, 0.25) is 0 Å². The minimum atomic E-state index is -0.583. The molecular formula is C30H37FN8O. The molecule has 3 N–H and O–H groups in total. The number of H-pyrrole nitrogens is 1. The van der Waals surface area contributed by atoms with Crippen LogP contribution in [0, 0.1) is 23.1 Å². The third kappa shape index (κ3) is 6.84. The summed E-state index contributed by atoms with van der Waals surface area (Å²) in [6.45, 7) is 5.33. The number of nitriles is 1. The van der Waals surface area contributed by atoms with Gasteiger partial charge in [-0.1, -0.05) is 20.3 Å². The molecule has 3 heterocycles. The number of nitrogen functional groups attached to an aromatic ring is 1. The first-order valence-corrected chi connectivity index (χ1v) is 14.0. The van der Waals surface area contributed by atoms with Gasteiger partial charge in [0.2, 0.25) is 0 Å². The third-order valence-corrected chi connectivity index (χ3v) is 7.46. The maximum absolute atomic E-state index is 14.4. The number of hydrogen-bond acceptors (Lipinski definition) is 6. The molecule has 2 atom stereocenters. The van der Waals surface area contributed by atoms with Crippen molar-refractivity contribution in [1.29, 1.82) is 5.26 Å². The van der Waals surface area contributed by atoms with Crippen LogP contribution in [0.4, 0.5) is 10.1 Å². The molecule has 0 aliphatic carbocycles. The van der Waals surface area contributed by atoms with Crippen LogP contribution in [0.15, 0.2) is 49.2 Å². The van der Waals surface area contributed by atoms with Crippen LogP contribution in [-0.4, -0.2) is 48.6 Å². The molecule has 0 aliphatic heterocycles. The van der Waals surface area contributed by atoms with E-state index in [1.54, 1.807) is 17.2 Å². The van der Waals surface area contributed by atoms with Gasteiger partial charge in [-0.15, -0.1) is 0 Å². The van der Waals surface area contributed by atoms with Crippen molar-refractivity contribution in [2.45, 2.75) is 64.8 Å². The molecule has 0 fully saturated rings. The fraction of sp³-hybridized carbons (Fsp3) is 0.433. The molecular weight excluding hydrogens is 507 g/mol. The quantitative estimate of drug-likeness (QED) is 0.184. The van der Waals surface area contributed by atoms with Crippen LogP contribution in [0.5, 0.6) is 0 Å². The maximum Gasteiger partial charge on any atom is 0.256 e. The largest absolute Gasteiger partial charge is 0.399 e. The van der Waals surface area contributed by atoms with E-state index < -0.39 is 5.82 Å². The van der Waals surface area contributed by atoms with Crippen LogP contribution in [-0.2, 0) is 0 Å². The Morgan fingerprint density at radius 1 is 1.20 bits per heavy atom. The number of fused-ring (bicyclic) bond motifs is 1. The van der Waals surface area contributed by atoms with E-state index in [-0.39, 0.29) is 17.5 Å². The Hall–Kier alpha value is -4.26. The van der Waals surface area contributed by atoms with Crippen LogP contribution in [0.1, 0.15) is 75.2 Å². The zero-order chi connectivity index (χ0) is 28.5. The number of aromatic nitrogens is 5. The zero-order valence-corrected chi connectivity index (χ0v) is 23.2. The zero-order valence-electron chi connectivity index (χ0n) is 23.2. The van der Waals surface area contributed by atoms with Gasteiger partial charge in [0.15, 0.2) is 0 Å². The summed E-state index contributed by atoms with van der Waals surface area (Å²) in [7, 11) is 0. The molecule has 0 aliphatic rings. The summed E-state index contributed by atoms with van der Waals surface area (Å²) < 4.78 is 16.3. The minimum Gasteiger partial charge on any atom is -0.399 e. The number of nitrogens with zero attached hydrogens (tertiary/aromatic N) is 6. The van der Waals surface area contributed by atoms with E-state index in [1.807, 2.05) is 30.1 Å². The Labute approximate surface area is 234 Å². The van der Waals surface area contributed by atoms with Crippen molar-refractivity contribution in [2.24, 2.45) is 5.92 Å². The summed E-state index contributed by atoms with van der Waals surface area (Å²) in [4.78, 5) is 26.6. The number of rotatable bonds is 14. The topological polar surface area (TPSA) is 130 Å². The average molecular weight is 545 g/mol. The highest BCUT2D eigenvalue weighted by Crippen LogP contribution is 2.29. The number of nitrogens with one attached hydrogen (secondary N) is 1. The molecule has 3 aromatic heterocycles. The van der Waals surface area contributed by atoms with Crippen molar-refractivity contribution in [3.05, 3.63) is 60.6 Å². The molecule has 1 aromatic carbocycles. The predicted octanol–water partition coefficient (Wildman–Crippen LogP) is 6.14. The highest BCUT2D eigenvalue weighted by molar-refractivity contribution is 5.95. The normalized spacial score (nSPS) is 12.8. The smallest absolute Gasteiger partial charge is 0.256 e. The molecule has 0 radical (unpaired) electrons. The number of benzene rings is 1. The summed E-state index contributed by atoms with van der Waals surface area (Å²) in [5.41, 5.74) is 8.48. The first kappa shape index (κ1) is 28.7. The Morgan fingerprint density at radius 3 is 2.80 bits per heavy atom. The van der Waals surface area contributed by atoms with Gasteiger partial charge in [0.05, 0.1) is 36.0 Å². The van der Waals surface area contributed by atoms with Crippen LogP contribution < -0.4 is 5.73 Å². The molecule has 0 saturated heterocycles. The number of nitrogens with two attached hydrogens (primary N) is 1. The first-order chi connectivity index (χ1) is 19.4. The molecule has 10 heteroatoms. The van der Waals surface area contributed by atoms with Gasteiger partial charge in [-0.25, -0.2) is 14.4 Å². The molecule has 2 unspecified atom stereocenters. The van der Waals surface area contributed by atoms with E-state index >= 15 is 0 Å². The summed E-state index contributed by atoms with van der Waals surface area (Å²) in [6, 6.07) is 8.44. The number of carbonyl (C=O) groups is 1. The highest BCUT2D eigenvalue weighted by atomic mass is 19.1. The Morgan fingerprint density at radius 2 is 2.05 bits per heavy atom. The SMILES string of the molecule is CCCN(CCCC(CC)CCC(CC#N)n1cc(-c2ncnc3[nH]ccc23)cn1)C(=O)c1ccc(N)cc1F. The molecule has 4 rings (SSSR count). The van der Waals surface area contributed by atoms with E-state index in [0.717, 1.165) is 60.8 Å². The molecule has 9 nitrogen and oxygen atoms in total. The second kappa shape index (κ2) is 13.7. The average Bonchev–Trinajstić information content (AvgIpc) is 3.63. The van der Waals surface area contributed by atoms with Gasteiger partial charge in [0, 0.05) is 42.1 Å². The Kier molecular flexibility index (Phi) is 9.84. The monoisotopic (exact) mass is 544 g/mol. The second-order valence-corrected chi connectivity index (χ2v) is 10.2. The van der Waals surface area contributed by atoms with E-state index in [2.05, 4.69) is 33.0 Å². The number of halogens is 1. The molecule has 0 bridgehead atoms. The van der Waals surface area contributed by atoms with Gasteiger partial charge >= 0.3 is 0 Å². The summed E-state index contributed by atoms with van der Waals surface area (Å²) in [5.74, 6) is -0.430. The number of amides is 1. The molecule has 4 aromatic rings. The molecule has 0 saturated carbocycles. The number of hydrogen-bond donors (Lipinski definition) is 2. The van der Waals surface area contributed by atoms with E-state index in [4.69, 9.17) is 5.73 Å². The fourth-order valence-electron chi connectivity index (χ4n) is 5.21. The number of aromatic amines is 1. The first-order valence-electron chi connectivity index (χ1n) is 14.0. The third-order valence-electron chi connectivity index (χ3n) is 7.46. The second-order valence-electron chi connectivity index (χ2n) is 10.2. The summed E-state index contributed by atoms with van der Waals surface area (Å²) in [6.07, 6.45) is 12.8. The van der Waals surface area contributed by atoms with Crippen molar-refractivity contribution in [3.63, 3.8) is 0 Å². The van der Waals surface area contributed by atoms with Gasteiger partial charge in [-0.05, 0) is 62.3 Å². The van der Waals surface area contributed by atoms with Crippen LogP contribution >= 0.6 is 0 Å². The molecule has 210 valence electrons. The minimum absolute atomic E-state index is 0.0389. The van der Waals surface area contributed by atoms with Crippen LogP contribution in [0.25, 0.3) is 22.3 Å². The number of anilines is 1. The molecule has 40 heavy (non-hydrogen) atoms. The van der Waals surface area contributed by atoms with Crippen LogP contribution in [0.3, 0.4) is 0 Å². The highest BCUT2D eigenvalue weighted by Gasteiger charge is 2.21. The van der Waals surface area contributed by atoms with Crippen molar-refractivity contribution in [2.75, 3.05) is 18.8 Å². The summed E-state index contributed by atoms with van der Waals surface area (Å²) >= 11 is 0. The van der Waals surface area contributed by atoms with Gasteiger partial charge in [0.1, 0.15) is 17.8 Å². The Balaban J connectivity index is 1.35. The van der Waals surface area contributed by atoms with Gasteiger partial charge < -0.3 is 15.6 Å². The van der Waals surface area contributed by atoms with E-state index in [9.17, 15) is 14.4 Å². The van der Waals surface area contributed by atoms with Gasteiger partial charge in [-0.3, -0.25) is 9.48 Å². The molecule has 1 amide bonds. The van der Waals surface area contributed by atoms with Crippen molar-refractivity contribution in [3.8, 4) is 17.3 Å². The lowest BCUT2D eigenvalue weighted by Gasteiger charge is -2.24. The number of carbonyl (C=O) groups excluding carboxylic acids is 1. The van der Waals surface area contributed by atoms with E-state index in [0.29, 0.717) is 31.1 Å². The van der Waals surface area contributed by atoms with Crippen molar-refractivity contribution >= 4 is 22.6 Å². The standard InChI is InChI=1S/C30H37FN8O/c1-3-15-38(30(40)25-10-8-23(33)17-27(25)31)16-5-6-21(4-2)7-9-24(11-13-32)39-19-22(18-37-39)28-26-12-14-34-29(26)36-20-35-28/h8,10,12,14,17-21,24H,3-7,9,11,15-16,33H2,1-2H3,(H,34,35,36). The maximum atomic E-state index is 14.4. The lowest BCUT2D eigenvalue weighted by molar-refractivity contribution is 0.0745. The van der Waals surface area contributed by atoms with E-state index in [1.165, 1.54) is 18.5 Å². The Bertz CT molecular complexity index is 1460. The predicted molar refractivity (Wildman–Crippen MR) is 154 cm³/mol. The fourth-order valence-corrected chi connectivity index (χ4v) is 5.21. The lowest BCUT2D eigenvalue weighted by atomic mass is 9.92. The van der Waals surface area contributed by atoms with Crippen molar-refractivity contribution < 1.29 is 9.18 Å².